The molecule has 1 atom stereocenters. The van der Waals surface area contributed by atoms with Crippen molar-refractivity contribution in [3.05, 3.63) is 77.7 Å². The number of aryl methyl sites for hydroxylation is 2. The molecule has 0 saturated heterocycles. The van der Waals surface area contributed by atoms with E-state index in [9.17, 15) is 0 Å². The summed E-state index contributed by atoms with van der Waals surface area (Å²) >= 11 is 0. The third kappa shape index (κ3) is 4.08. The maximum Gasteiger partial charge on any atom is 0.226 e. The predicted molar refractivity (Wildman–Crippen MR) is 93.0 cm³/mol. The molecule has 1 aromatic heterocycles. The van der Waals surface area contributed by atoms with E-state index in [1.807, 2.05) is 37.3 Å². The van der Waals surface area contributed by atoms with E-state index in [0.29, 0.717) is 5.89 Å². The van der Waals surface area contributed by atoms with E-state index >= 15 is 0 Å². The van der Waals surface area contributed by atoms with Crippen LogP contribution in [0.1, 0.15) is 36.2 Å². The summed E-state index contributed by atoms with van der Waals surface area (Å²) in [5, 5.41) is 0. The molecule has 0 fully saturated rings. The third-order valence-electron chi connectivity index (χ3n) is 3.98. The smallest absolute Gasteiger partial charge is 0.226 e. The van der Waals surface area contributed by atoms with Gasteiger partial charge >= 0.3 is 0 Å². The monoisotopic (exact) mass is 306 g/mol. The summed E-state index contributed by atoms with van der Waals surface area (Å²) in [7, 11) is 0. The second kappa shape index (κ2) is 7.25. The zero-order chi connectivity index (χ0) is 16.1. The Labute approximate surface area is 137 Å². The lowest BCUT2D eigenvalue weighted by Crippen LogP contribution is -2.04. The normalized spacial score (nSPS) is 12.3. The van der Waals surface area contributed by atoms with Gasteiger partial charge in [-0.3, -0.25) is 0 Å². The fourth-order valence-corrected chi connectivity index (χ4v) is 2.60. The van der Waals surface area contributed by atoms with Crippen molar-refractivity contribution in [1.82, 2.24) is 4.98 Å². The molecule has 0 spiro atoms. The largest absolute Gasteiger partial charge is 0.444 e. The van der Waals surface area contributed by atoms with Gasteiger partial charge in [-0.15, -0.1) is 0 Å². The molecule has 0 aliphatic heterocycles. The fourth-order valence-electron chi connectivity index (χ4n) is 2.60. The van der Waals surface area contributed by atoms with Gasteiger partial charge in [0.15, 0.2) is 0 Å². The van der Waals surface area contributed by atoms with Crippen molar-refractivity contribution in [1.29, 1.82) is 0 Å². The zero-order valence-corrected chi connectivity index (χ0v) is 13.4. The van der Waals surface area contributed by atoms with E-state index in [2.05, 4.69) is 29.2 Å². The molecule has 3 aromatic rings. The molecule has 1 heterocycles. The van der Waals surface area contributed by atoms with Gasteiger partial charge in [0.1, 0.15) is 6.26 Å². The van der Waals surface area contributed by atoms with E-state index in [0.717, 1.165) is 30.5 Å². The quantitative estimate of drug-likeness (QED) is 0.727. The Morgan fingerprint density at radius 1 is 1.00 bits per heavy atom. The average molecular weight is 306 g/mol. The number of hydrogen-bond acceptors (Lipinski definition) is 3. The summed E-state index contributed by atoms with van der Waals surface area (Å²) in [4.78, 5) is 4.57. The Morgan fingerprint density at radius 2 is 1.74 bits per heavy atom. The van der Waals surface area contributed by atoms with Gasteiger partial charge in [-0.05, 0) is 49.4 Å². The van der Waals surface area contributed by atoms with Crippen LogP contribution in [-0.4, -0.2) is 4.98 Å². The predicted octanol–water partition coefficient (Wildman–Crippen LogP) is 4.54. The third-order valence-corrected chi connectivity index (χ3v) is 3.98. The van der Waals surface area contributed by atoms with Crippen LogP contribution in [-0.2, 0) is 12.8 Å². The van der Waals surface area contributed by atoms with Crippen LogP contribution in [0, 0.1) is 0 Å². The highest BCUT2D eigenvalue weighted by Crippen LogP contribution is 2.19. The van der Waals surface area contributed by atoms with Crippen molar-refractivity contribution < 1.29 is 4.42 Å². The lowest BCUT2D eigenvalue weighted by molar-refractivity contribution is 0.572. The van der Waals surface area contributed by atoms with Crippen molar-refractivity contribution in [3.63, 3.8) is 0 Å². The molecule has 2 aromatic carbocycles. The molecule has 3 rings (SSSR count). The van der Waals surface area contributed by atoms with Crippen molar-refractivity contribution in [2.24, 2.45) is 5.73 Å². The molecule has 3 nitrogen and oxygen atoms in total. The molecule has 0 aliphatic rings. The van der Waals surface area contributed by atoms with E-state index in [4.69, 9.17) is 10.2 Å². The number of oxazole rings is 1. The number of nitrogens with zero attached hydrogens (tertiary/aromatic N) is 1. The minimum absolute atomic E-state index is 0.0931. The van der Waals surface area contributed by atoms with Crippen molar-refractivity contribution in [2.75, 3.05) is 0 Å². The van der Waals surface area contributed by atoms with Crippen LogP contribution in [0.3, 0.4) is 0 Å². The van der Waals surface area contributed by atoms with Gasteiger partial charge in [0, 0.05) is 11.6 Å². The molecule has 3 heteroatoms. The van der Waals surface area contributed by atoms with Crippen LogP contribution in [0.2, 0.25) is 0 Å². The van der Waals surface area contributed by atoms with E-state index in [1.54, 1.807) is 6.26 Å². The molecule has 0 aliphatic carbocycles. The number of nitrogens with two attached hydrogens (primary N) is 1. The molecule has 2 N–H and O–H groups in total. The summed E-state index contributed by atoms with van der Waals surface area (Å²) in [6, 6.07) is 18.6. The van der Waals surface area contributed by atoms with Gasteiger partial charge in [-0.25, -0.2) is 4.98 Å². The summed E-state index contributed by atoms with van der Waals surface area (Å²) < 4.78 is 5.57. The Kier molecular flexibility index (Phi) is 4.89. The molecule has 0 unspecified atom stereocenters. The van der Waals surface area contributed by atoms with Crippen LogP contribution in [0.5, 0.6) is 0 Å². The van der Waals surface area contributed by atoms with E-state index in [-0.39, 0.29) is 6.04 Å². The molecule has 0 radical (unpaired) electrons. The average Bonchev–Trinajstić information content (AvgIpc) is 3.05. The summed E-state index contributed by atoms with van der Waals surface area (Å²) in [6.07, 6.45) is 4.78. The second-order valence-corrected chi connectivity index (χ2v) is 5.89. The first-order valence-corrected chi connectivity index (χ1v) is 8.06. The van der Waals surface area contributed by atoms with Crippen LogP contribution < -0.4 is 5.73 Å². The Balaban J connectivity index is 1.54. The fraction of sp³-hybridized carbons (Fsp3) is 0.250. The number of hydrogen-bond donors (Lipinski definition) is 1. The Morgan fingerprint density at radius 3 is 2.43 bits per heavy atom. The maximum atomic E-state index is 5.87. The number of rotatable bonds is 6. The Hall–Kier alpha value is -2.39. The molecular weight excluding hydrogens is 284 g/mol. The van der Waals surface area contributed by atoms with Crippen molar-refractivity contribution in [3.8, 4) is 11.5 Å². The van der Waals surface area contributed by atoms with Gasteiger partial charge < -0.3 is 10.2 Å². The van der Waals surface area contributed by atoms with Crippen LogP contribution in [0.25, 0.3) is 11.5 Å². The highest BCUT2D eigenvalue weighted by atomic mass is 16.3. The van der Waals surface area contributed by atoms with Gasteiger partial charge in [0.25, 0.3) is 0 Å². The van der Waals surface area contributed by atoms with Gasteiger partial charge in [0.05, 0.1) is 5.69 Å². The minimum atomic E-state index is 0.0931. The molecular formula is C20H22N2O. The summed E-state index contributed by atoms with van der Waals surface area (Å²) in [6.45, 7) is 2.00. The topological polar surface area (TPSA) is 52.0 Å². The van der Waals surface area contributed by atoms with E-state index in [1.165, 1.54) is 11.1 Å². The van der Waals surface area contributed by atoms with Crippen LogP contribution >= 0.6 is 0 Å². The highest BCUT2D eigenvalue weighted by molar-refractivity contribution is 5.52. The highest BCUT2D eigenvalue weighted by Gasteiger charge is 2.06. The SMILES string of the molecule is C[C@H](N)c1ccc(CCCc2coc(-c3ccccc3)n2)cc1. The first kappa shape index (κ1) is 15.5. The second-order valence-electron chi connectivity index (χ2n) is 5.89. The summed E-state index contributed by atoms with van der Waals surface area (Å²) in [5.74, 6) is 0.696. The van der Waals surface area contributed by atoms with Crippen molar-refractivity contribution in [2.45, 2.75) is 32.2 Å². The van der Waals surface area contributed by atoms with Gasteiger partial charge in [0.2, 0.25) is 5.89 Å². The first-order chi connectivity index (χ1) is 11.2. The molecule has 0 amide bonds. The lowest BCUT2D eigenvalue weighted by Gasteiger charge is -2.06. The minimum Gasteiger partial charge on any atom is -0.444 e. The summed E-state index contributed by atoms with van der Waals surface area (Å²) in [5.41, 5.74) is 10.4. The van der Waals surface area contributed by atoms with Crippen molar-refractivity contribution >= 4 is 0 Å². The van der Waals surface area contributed by atoms with Crippen LogP contribution in [0.15, 0.2) is 65.3 Å². The molecule has 0 saturated carbocycles. The lowest BCUT2D eigenvalue weighted by atomic mass is 10.0. The number of aromatic nitrogens is 1. The maximum absolute atomic E-state index is 5.87. The number of benzene rings is 2. The van der Waals surface area contributed by atoms with Crippen LogP contribution in [0.4, 0.5) is 0 Å². The molecule has 23 heavy (non-hydrogen) atoms. The first-order valence-electron chi connectivity index (χ1n) is 8.06. The molecule has 0 bridgehead atoms. The zero-order valence-electron chi connectivity index (χ0n) is 13.4. The molecule has 118 valence electrons. The van der Waals surface area contributed by atoms with Gasteiger partial charge in [-0.2, -0.15) is 0 Å². The van der Waals surface area contributed by atoms with Gasteiger partial charge in [-0.1, -0.05) is 42.5 Å². The van der Waals surface area contributed by atoms with E-state index < -0.39 is 0 Å². The standard InChI is InChI=1S/C20H22N2O/c1-15(21)17-12-10-16(11-13-17)6-5-9-19-14-23-20(22-19)18-7-3-2-4-8-18/h2-4,7-8,10-15H,5-6,9,21H2,1H3/t15-/m0/s1. The Bertz CT molecular complexity index is 730.